The molecule has 2 fully saturated rings. The Hall–Kier alpha value is -3.59. The molecule has 3 aliphatic rings. The van der Waals surface area contributed by atoms with Gasteiger partial charge in [0.1, 0.15) is 40.7 Å². The van der Waals surface area contributed by atoms with Gasteiger partial charge in [-0.25, -0.2) is 0 Å². The van der Waals surface area contributed by atoms with Gasteiger partial charge in [-0.3, -0.25) is 24.5 Å². The normalized spacial score (nSPS) is 22.0. The van der Waals surface area contributed by atoms with Gasteiger partial charge in [0.05, 0.1) is 6.61 Å². The second-order valence-electron chi connectivity index (χ2n) is 9.55. The fraction of sp³-hybridized carbons (Fsp3) is 0.360. The van der Waals surface area contributed by atoms with Crippen molar-refractivity contribution in [3.8, 4) is 5.75 Å². The van der Waals surface area contributed by atoms with Gasteiger partial charge in [-0.05, 0) is 23.6 Å². The maximum Gasteiger partial charge on any atom is 0.254 e. The predicted molar refractivity (Wildman–Crippen MR) is 135 cm³/mol. The Bertz CT molecular complexity index is 1240. The van der Waals surface area contributed by atoms with Crippen molar-refractivity contribution in [1.82, 2.24) is 15.1 Å². The lowest BCUT2D eigenvalue weighted by Crippen LogP contribution is -2.53. The SMILES string of the molecule is Bc1cc(OCc2ccc(CN3CCOCC3=O)cc2)c2c(c1)C(=O)N(C1CCC(=O)NC1=O)C2B. The minimum Gasteiger partial charge on any atom is -0.489 e. The number of carbonyl (C=O) groups is 4. The van der Waals surface area contributed by atoms with Gasteiger partial charge in [0.25, 0.3) is 5.91 Å². The van der Waals surface area contributed by atoms with Gasteiger partial charge in [-0.1, -0.05) is 35.8 Å². The Morgan fingerprint density at radius 2 is 1.83 bits per heavy atom. The first-order valence-corrected chi connectivity index (χ1v) is 12.2. The number of carbonyl (C=O) groups excluding carboxylic acids is 4. The predicted octanol–water partition coefficient (Wildman–Crippen LogP) is -1.22. The maximum atomic E-state index is 13.3. The highest BCUT2D eigenvalue weighted by Crippen LogP contribution is 2.40. The minimum absolute atomic E-state index is 0.00280. The van der Waals surface area contributed by atoms with Crippen LogP contribution in [0.1, 0.15) is 45.8 Å². The summed E-state index contributed by atoms with van der Waals surface area (Å²) in [6, 6.07) is 11.0. The van der Waals surface area contributed by atoms with Crippen molar-refractivity contribution in [2.75, 3.05) is 19.8 Å². The van der Waals surface area contributed by atoms with Crippen molar-refractivity contribution < 1.29 is 28.7 Å². The first kappa shape index (κ1) is 24.1. The van der Waals surface area contributed by atoms with Crippen LogP contribution in [0.25, 0.3) is 0 Å². The monoisotopic (exact) mass is 487 g/mol. The molecule has 0 aliphatic carbocycles. The van der Waals surface area contributed by atoms with Crippen LogP contribution in [-0.4, -0.2) is 74.9 Å². The second-order valence-corrected chi connectivity index (χ2v) is 9.55. The van der Waals surface area contributed by atoms with Crippen LogP contribution in [0.5, 0.6) is 5.75 Å². The van der Waals surface area contributed by atoms with Gasteiger partial charge >= 0.3 is 0 Å². The zero-order valence-electron chi connectivity index (χ0n) is 20.4. The van der Waals surface area contributed by atoms with Crippen LogP contribution in [0, 0.1) is 0 Å². The summed E-state index contributed by atoms with van der Waals surface area (Å²) >= 11 is 0. The lowest BCUT2D eigenvalue weighted by atomic mass is 9.84. The number of hydrogen-bond donors (Lipinski definition) is 1. The number of hydrogen-bond acceptors (Lipinski definition) is 6. The van der Waals surface area contributed by atoms with Crippen molar-refractivity contribution >= 4 is 44.8 Å². The third-order valence-electron chi connectivity index (χ3n) is 7.01. The van der Waals surface area contributed by atoms with E-state index in [4.69, 9.17) is 9.47 Å². The lowest BCUT2D eigenvalue weighted by molar-refractivity contribution is -0.143. The molecule has 2 aromatic rings. The zero-order valence-corrected chi connectivity index (χ0v) is 20.4. The number of nitrogens with one attached hydrogen (secondary N) is 1. The number of ether oxygens (including phenoxy) is 2. The molecule has 2 atom stereocenters. The average molecular weight is 487 g/mol. The summed E-state index contributed by atoms with van der Waals surface area (Å²) in [6.45, 7) is 2.14. The summed E-state index contributed by atoms with van der Waals surface area (Å²) in [7, 11) is 3.79. The fourth-order valence-electron chi connectivity index (χ4n) is 5.14. The molecule has 3 heterocycles. The molecule has 1 N–H and O–H groups in total. The smallest absolute Gasteiger partial charge is 0.254 e. The molecule has 0 spiro atoms. The number of fused-ring (bicyclic) bond motifs is 1. The molecule has 2 saturated heterocycles. The molecular formula is C25H27B2N3O6. The zero-order chi connectivity index (χ0) is 25.4. The van der Waals surface area contributed by atoms with Crippen molar-refractivity contribution in [2.24, 2.45) is 0 Å². The van der Waals surface area contributed by atoms with Crippen molar-refractivity contribution in [3.63, 3.8) is 0 Å². The van der Waals surface area contributed by atoms with Crippen molar-refractivity contribution in [3.05, 3.63) is 58.7 Å². The van der Waals surface area contributed by atoms with Gasteiger partial charge < -0.3 is 19.3 Å². The number of piperidine rings is 1. The molecule has 2 aromatic carbocycles. The Kier molecular flexibility index (Phi) is 6.57. The van der Waals surface area contributed by atoms with Crippen LogP contribution < -0.4 is 15.5 Å². The molecular weight excluding hydrogens is 460 g/mol. The summed E-state index contributed by atoms with van der Waals surface area (Å²) in [5.41, 5.74) is 4.18. The van der Waals surface area contributed by atoms with Gasteiger partial charge in [-0.2, -0.15) is 0 Å². The number of nitrogens with zero attached hydrogens (tertiary/aromatic N) is 2. The summed E-state index contributed by atoms with van der Waals surface area (Å²) < 4.78 is 11.4. The van der Waals surface area contributed by atoms with E-state index in [1.807, 2.05) is 52.1 Å². The van der Waals surface area contributed by atoms with Gasteiger partial charge in [0.15, 0.2) is 0 Å². The van der Waals surface area contributed by atoms with Crippen LogP contribution in [-0.2, 0) is 32.3 Å². The van der Waals surface area contributed by atoms with Gasteiger partial charge in [-0.15, -0.1) is 0 Å². The Morgan fingerprint density at radius 3 is 2.56 bits per heavy atom. The van der Waals surface area contributed by atoms with Gasteiger partial charge in [0.2, 0.25) is 17.7 Å². The molecule has 0 saturated carbocycles. The van der Waals surface area contributed by atoms with E-state index in [1.54, 1.807) is 9.80 Å². The molecule has 11 heteroatoms. The highest BCUT2D eigenvalue weighted by Gasteiger charge is 2.44. The van der Waals surface area contributed by atoms with Crippen LogP contribution in [0.3, 0.4) is 0 Å². The molecule has 4 amide bonds. The van der Waals surface area contributed by atoms with Crippen molar-refractivity contribution in [2.45, 2.75) is 38.0 Å². The van der Waals surface area contributed by atoms with E-state index < -0.39 is 11.9 Å². The Balaban J connectivity index is 1.30. The molecule has 36 heavy (non-hydrogen) atoms. The average Bonchev–Trinajstić information content (AvgIpc) is 3.09. The van der Waals surface area contributed by atoms with Crippen LogP contribution in [0.4, 0.5) is 0 Å². The number of amides is 4. The maximum absolute atomic E-state index is 13.3. The minimum atomic E-state index is -0.684. The molecule has 184 valence electrons. The number of morpholine rings is 1. The molecule has 0 aromatic heterocycles. The second kappa shape index (κ2) is 9.81. The van der Waals surface area contributed by atoms with E-state index in [0.29, 0.717) is 44.0 Å². The van der Waals surface area contributed by atoms with E-state index in [2.05, 4.69) is 5.32 Å². The molecule has 3 aliphatic heterocycles. The van der Waals surface area contributed by atoms with Crippen LogP contribution in [0.15, 0.2) is 36.4 Å². The summed E-state index contributed by atoms with van der Waals surface area (Å²) in [5, 5.41) is 2.35. The van der Waals surface area contributed by atoms with E-state index in [0.717, 1.165) is 22.2 Å². The first-order valence-electron chi connectivity index (χ1n) is 12.2. The van der Waals surface area contributed by atoms with Gasteiger partial charge in [0, 0.05) is 36.6 Å². The van der Waals surface area contributed by atoms with E-state index >= 15 is 0 Å². The van der Waals surface area contributed by atoms with Crippen molar-refractivity contribution in [1.29, 1.82) is 0 Å². The third-order valence-corrected chi connectivity index (χ3v) is 7.01. The number of imide groups is 1. The van der Waals surface area contributed by atoms with E-state index in [1.165, 1.54) is 0 Å². The fourth-order valence-corrected chi connectivity index (χ4v) is 5.14. The summed E-state index contributed by atoms with van der Waals surface area (Å²) in [4.78, 5) is 52.7. The van der Waals surface area contributed by atoms with E-state index in [9.17, 15) is 19.2 Å². The Labute approximate surface area is 210 Å². The quantitative estimate of drug-likeness (QED) is 0.405. The Morgan fingerprint density at radius 1 is 1.08 bits per heavy atom. The van der Waals surface area contributed by atoms with Crippen LogP contribution >= 0.6 is 0 Å². The van der Waals surface area contributed by atoms with E-state index in [-0.39, 0.29) is 36.7 Å². The lowest BCUT2D eigenvalue weighted by Gasteiger charge is -2.33. The number of benzene rings is 2. The first-order chi connectivity index (χ1) is 17.3. The molecule has 5 rings (SSSR count). The molecule has 9 nitrogen and oxygen atoms in total. The topological polar surface area (TPSA) is 105 Å². The standard InChI is InChI=1S/C25H27B2N3O6/c26-16-9-17-22(23(27)30(25(17)34)18-5-6-20(31)28-24(18)33)19(10-16)36-12-15-3-1-14(2-4-15)11-29-7-8-35-13-21(29)32/h1-4,9-10,18,23H,5-8,11-13,26-27H2,(H,28,31,33). The third kappa shape index (κ3) is 4.63. The molecule has 0 bridgehead atoms. The highest BCUT2D eigenvalue weighted by atomic mass is 16.5. The molecule has 2 unspecified atom stereocenters. The number of rotatable bonds is 6. The van der Waals surface area contributed by atoms with Crippen LogP contribution in [0.2, 0.25) is 0 Å². The molecule has 0 radical (unpaired) electrons. The largest absolute Gasteiger partial charge is 0.489 e. The summed E-state index contributed by atoms with van der Waals surface area (Å²) in [5.74, 6) is -0.712. The highest BCUT2D eigenvalue weighted by molar-refractivity contribution is 6.33. The summed E-state index contributed by atoms with van der Waals surface area (Å²) in [6.07, 6.45) is 0.521.